The Hall–Kier alpha value is -5.72. The molecule has 280 valence electrons. The zero-order chi connectivity index (χ0) is 38.5. The highest BCUT2D eigenvalue weighted by Gasteiger charge is 2.14. The molecule has 56 heavy (non-hydrogen) atoms. The van der Waals surface area contributed by atoms with Crippen molar-refractivity contribution in [1.82, 2.24) is 0 Å². The average molecular weight is 729 g/mol. The highest BCUT2D eigenvalue weighted by atomic mass is 14.2. The summed E-state index contributed by atoms with van der Waals surface area (Å²) in [7, 11) is 0. The first-order chi connectivity index (χ1) is 27.5. The van der Waals surface area contributed by atoms with E-state index in [4.69, 9.17) is 0 Å². The summed E-state index contributed by atoms with van der Waals surface area (Å²) in [4.78, 5) is 0. The molecular formula is C56H56. The van der Waals surface area contributed by atoms with Gasteiger partial charge in [-0.05, 0) is 132 Å². The fraction of sp³-hybridized carbons (Fsp3) is 0.214. The van der Waals surface area contributed by atoms with Crippen molar-refractivity contribution in [3.8, 4) is 22.3 Å². The molecule has 0 nitrogen and oxygen atoms in total. The standard InChI is InChI=1S/C26H22.C17H16.C13H18/c1-20-7-13-24(14-8-20)26-17-11-22(12-18-26)19-21-9-15-25(16-10-21)23-5-3-2-4-6-23;1-13-9-11-15(12-10-13)17-8-4-6-14-5-2-3-7-16(14)17;1-11-6-2-3-7-12-8-4-5-9-13(11)10-12/h2-18H,19H2,1H3;2-3,5,7-12H,4,6H2,1H3;4,8,10,12H,1-3,5-7,9H2. The van der Waals surface area contributed by atoms with Gasteiger partial charge in [0, 0.05) is 0 Å². The molecule has 0 amide bonds. The number of hydrogen-bond donors (Lipinski definition) is 0. The lowest BCUT2D eigenvalue weighted by atomic mass is 9.87. The van der Waals surface area contributed by atoms with Crippen LogP contribution in [0.5, 0.6) is 0 Å². The maximum Gasteiger partial charge on any atom is -0.00258 e. The van der Waals surface area contributed by atoms with Gasteiger partial charge in [-0.1, -0.05) is 206 Å². The molecule has 0 aliphatic heterocycles. The zero-order valence-corrected chi connectivity index (χ0v) is 33.4. The zero-order valence-electron chi connectivity index (χ0n) is 33.4. The minimum absolute atomic E-state index is 0.703. The molecule has 6 aromatic rings. The third-order valence-corrected chi connectivity index (χ3v) is 11.3. The first-order valence-electron chi connectivity index (χ1n) is 20.7. The molecular weight excluding hydrogens is 673 g/mol. The summed E-state index contributed by atoms with van der Waals surface area (Å²) in [6.45, 7) is 8.43. The Kier molecular flexibility index (Phi) is 13.2. The van der Waals surface area contributed by atoms with Crippen molar-refractivity contribution in [1.29, 1.82) is 0 Å². The second kappa shape index (κ2) is 19.2. The van der Waals surface area contributed by atoms with Gasteiger partial charge < -0.3 is 0 Å². The SMILES string of the molecule is C=C1CCCCC2C=CCCC1=C2.Cc1ccc(-c2ccc(Cc3ccc(-c4ccccc4)cc3)cc2)cc1.Cc1ccc(C2=CCCc3ccccc32)cc1. The van der Waals surface area contributed by atoms with Gasteiger partial charge >= 0.3 is 0 Å². The summed E-state index contributed by atoms with van der Waals surface area (Å²) in [6.07, 6.45) is 20.5. The van der Waals surface area contributed by atoms with Gasteiger partial charge in [-0.2, -0.15) is 0 Å². The van der Waals surface area contributed by atoms with Crippen molar-refractivity contribution in [3.63, 3.8) is 0 Å². The van der Waals surface area contributed by atoms with Crippen molar-refractivity contribution in [2.75, 3.05) is 0 Å². The van der Waals surface area contributed by atoms with Crippen LogP contribution in [0.4, 0.5) is 0 Å². The normalized spacial score (nSPS) is 15.9. The van der Waals surface area contributed by atoms with E-state index in [9.17, 15) is 0 Å². The van der Waals surface area contributed by atoms with Crippen molar-refractivity contribution >= 4 is 5.57 Å². The van der Waals surface area contributed by atoms with E-state index in [2.05, 4.69) is 196 Å². The molecule has 0 spiro atoms. The summed E-state index contributed by atoms with van der Waals surface area (Å²) in [5.41, 5.74) is 18.9. The molecule has 0 heteroatoms. The van der Waals surface area contributed by atoms with Gasteiger partial charge in [0.25, 0.3) is 0 Å². The van der Waals surface area contributed by atoms with Crippen LogP contribution in [0, 0.1) is 19.8 Å². The monoisotopic (exact) mass is 728 g/mol. The Morgan fingerprint density at radius 2 is 1.07 bits per heavy atom. The van der Waals surface area contributed by atoms with E-state index in [0.717, 1.165) is 12.8 Å². The topological polar surface area (TPSA) is 0 Å². The predicted molar refractivity (Wildman–Crippen MR) is 242 cm³/mol. The predicted octanol–water partition coefficient (Wildman–Crippen LogP) is 15.3. The van der Waals surface area contributed by atoms with Crippen LogP contribution >= 0.6 is 0 Å². The number of fused-ring (bicyclic) bond motifs is 2. The number of hydrogen-bond acceptors (Lipinski definition) is 0. The van der Waals surface area contributed by atoms with Crippen molar-refractivity contribution < 1.29 is 0 Å². The number of allylic oxidation sites excluding steroid dienone is 6. The number of aryl methyl sites for hydroxylation is 3. The minimum Gasteiger partial charge on any atom is -0.0956 e. The lowest BCUT2D eigenvalue weighted by molar-refractivity contribution is 0.605. The maximum atomic E-state index is 4.18. The molecule has 2 bridgehead atoms. The Bertz CT molecular complexity index is 2260. The molecule has 0 heterocycles. The molecule has 0 N–H and O–H groups in total. The van der Waals surface area contributed by atoms with Crippen molar-refractivity contribution in [2.24, 2.45) is 5.92 Å². The third kappa shape index (κ3) is 10.5. The second-order valence-electron chi connectivity index (χ2n) is 15.7. The van der Waals surface area contributed by atoms with Gasteiger partial charge in [0.2, 0.25) is 0 Å². The highest BCUT2D eigenvalue weighted by Crippen LogP contribution is 2.32. The second-order valence-corrected chi connectivity index (χ2v) is 15.7. The number of benzene rings is 6. The first-order valence-corrected chi connectivity index (χ1v) is 20.7. The lowest BCUT2D eigenvalue weighted by Gasteiger charge is -2.18. The number of rotatable bonds is 5. The molecule has 0 radical (unpaired) electrons. The van der Waals surface area contributed by atoms with E-state index in [1.165, 1.54) is 123 Å². The summed E-state index contributed by atoms with van der Waals surface area (Å²) in [6, 6.07) is 54.6. The van der Waals surface area contributed by atoms with Crippen molar-refractivity contribution in [2.45, 2.75) is 71.6 Å². The molecule has 0 fully saturated rings. The summed E-state index contributed by atoms with van der Waals surface area (Å²) >= 11 is 0. The van der Waals surface area contributed by atoms with Crippen LogP contribution in [0.2, 0.25) is 0 Å². The molecule has 1 atom stereocenters. The first kappa shape index (κ1) is 38.6. The van der Waals surface area contributed by atoms with Crippen LogP contribution in [-0.2, 0) is 12.8 Å². The van der Waals surface area contributed by atoms with E-state index < -0.39 is 0 Å². The smallest absolute Gasteiger partial charge is 0.00258 e. The highest BCUT2D eigenvalue weighted by molar-refractivity contribution is 5.82. The molecule has 9 rings (SSSR count). The Labute approximate surface area is 336 Å². The quantitative estimate of drug-likeness (QED) is 0.155. The van der Waals surface area contributed by atoms with Gasteiger partial charge in [-0.15, -0.1) is 0 Å². The fourth-order valence-electron chi connectivity index (χ4n) is 7.99. The Morgan fingerprint density at radius 3 is 1.71 bits per heavy atom. The van der Waals surface area contributed by atoms with Crippen molar-refractivity contribution in [3.05, 3.63) is 233 Å². The van der Waals surface area contributed by atoms with Crippen LogP contribution in [0.15, 0.2) is 194 Å². The van der Waals surface area contributed by atoms with Gasteiger partial charge in [-0.25, -0.2) is 0 Å². The molecule has 3 aliphatic rings. The molecule has 6 aromatic carbocycles. The molecule has 0 saturated carbocycles. The van der Waals surface area contributed by atoms with Crippen LogP contribution in [0.3, 0.4) is 0 Å². The maximum absolute atomic E-state index is 4.18. The summed E-state index contributed by atoms with van der Waals surface area (Å²) in [5, 5.41) is 0. The molecule has 1 unspecified atom stereocenters. The molecule has 0 aromatic heterocycles. The fourth-order valence-corrected chi connectivity index (χ4v) is 7.99. The Morgan fingerprint density at radius 1 is 0.518 bits per heavy atom. The van der Waals surface area contributed by atoms with Crippen LogP contribution in [0.1, 0.15) is 83.9 Å². The molecule has 3 aliphatic carbocycles. The lowest BCUT2D eigenvalue weighted by Crippen LogP contribution is -2.00. The third-order valence-electron chi connectivity index (χ3n) is 11.3. The van der Waals surface area contributed by atoms with E-state index in [1.54, 1.807) is 0 Å². The van der Waals surface area contributed by atoms with E-state index in [0.29, 0.717) is 5.92 Å². The largest absolute Gasteiger partial charge is 0.0956 e. The summed E-state index contributed by atoms with van der Waals surface area (Å²) < 4.78 is 0. The minimum atomic E-state index is 0.703. The van der Waals surface area contributed by atoms with Gasteiger partial charge in [0.15, 0.2) is 0 Å². The van der Waals surface area contributed by atoms with E-state index in [-0.39, 0.29) is 0 Å². The van der Waals surface area contributed by atoms with Crippen LogP contribution in [-0.4, -0.2) is 0 Å². The van der Waals surface area contributed by atoms with Crippen LogP contribution < -0.4 is 0 Å². The Balaban J connectivity index is 0.000000138. The van der Waals surface area contributed by atoms with Gasteiger partial charge in [-0.3, -0.25) is 0 Å². The van der Waals surface area contributed by atoms with Gasteiger partial charge in [0.1, 0.15) is 0 Å². The summed E-state index contributed by atoms with van der Waals surface area (Å²) in [5.74, 6) is 0.703. The van der Waals surface area contributed by atoms with E-state index in [1.807, 2.05) is 0 Å². The van der Waals surface area contributed by atoms with Crippen LogP contribution in [0.25, 0.3) is 27.8 Å². The molecule has 0 saturated heterocycles. The average Bonchev–Trinajstić information content (AvgIpc) is 3.51. The van der Waals surface area contributed by atoms with E-state index >= 15 is 0 Å². The van der Waals surface area contributed by atoms with Gasteiger partial charge in [0.05, 0.1) is 0 Å².